The molecule has 0 fully saturated rings. The maximum absolute atomic E-state index is 8.49. The van der Waals surface area contributed by atoms with Crippen molar-refractivity contribution >= 4 is 7.94 Å². The van der Waals surface area contributed by atoms with Crippen molar-refractivity contribution in [3.8, 4) is 0 Å². The molecule has 0 aliphatic rings. The number of hydrogen-bond acceptors (Lipinski definition) is 3. The zero-order valence-corrected chi connectivity index (χ0v) is 6.67. The van der Waals surface area contributed by atoms with Crippen molar-refractivity contribution in [1.82, 2.24) is 0 Å². The molecule has 0 aromatic heterocycles. The Bertz CT molecular complexity index is 69.1. The van der Waals surface area contributed by atoms with Crippen LogP contribution in [0.15, 0.2) is 0 Å². The molecular weight excluding hydrogens is 139 g/mol. The van der Waals surface area contributed by atoms with Crippen LogP contribution in [0.3, 0.4) is 0 Å². The van der Waals surface area contributed by atoms with Gasteiger partial charge in [0.2, 0.25) is 0 Å². The summed E-state index contributed by atoms with van der Waals surface area (Å²) in [4.78, 5) is 25.5. The van der Waals surface area contributed by atoms with Crippen molar-refractivity contribution in [2.24, 2.45) is 0 Å². The van der Waals surface area contributed by atoms with Gasteiger partial charge in [0, 0.05) is 0 Å². The average molecular weight is 154 g/mol. The van der Waals surface area contributed by atoms with Crippen LogP contribution in [0.2, 0.25) is 0 Å². The topological polar surface area (TPSA) is 60.7 Å². The summed E-state index contributed by atoms with van der Waals surface area (Å²) in [5.41, 5.74) is 0. The van der Waals surface area contributed by atoms with E-state index in [4.69, 9.17) is 14.7 Å². The van der Waals surface area contributed by atoms with Gasteiger partial charge in [0.15, 0.2) is 0 Å². The molecule has 0 unspecified atom stereocenters. The minimum absolute atomic E-state index is 0.181. The Morgan fingerprint density at radius 1 is 1.11 bits per heavy atom. The molecule has 58 valence electrons. The van der Waals surface area contributed by atoms with Gasteiger partial charge in [-0.1, -0.05) is 0 Å². The summed E-state index contributed by atoms with van der Waals surface area (Å²) in [6.45, 7) is 2.02. The number of unbranched alkanes of at least 4 members (excludes halogenated alkanes) is 2. The first-order valence-corrected chi connectivity index (χ1v) is 5.28. The monoisotopic (exact) mass is 154 g/mol. The van der Waals surface area contributed by atoms with Crippen molar-refractivity contribution in [2.45, 2.75) is 26.2 Å². The predicted molar refractivity (Wildman–Crippen MR) is 39.4 cm³/mol. The summed E-state index contributed by atoms with van der Waals surface area (Å²) in [5, 5.41) is 0. The van der Waals surface area contributed by atoms with E-state index in [2.05, 4.69) is 0 Å². The Morgan fingerprint density at radius 2 is 1.67 bits per heavy atom. The first-order chi connectivity index (χ1) is 4.06. The van der Waals surface area contributed by atoms with Gasteiger partial charge in [-0.25, -0.2) is 0 Å². The summed E-state index contributed by atoms with van der Waals surface area (Å²) in [5.74, 6) is 0. The number of hydrogen-bond donors (Lipinski definition) is 3. The fourth-order valence-electron chi connectivity index (χ4n) is 0.612. The normalized spacial score (nSPS) is 13.8. The number of rotatable bonds is 4. The van der Waals surface area contributed by atoms with Crippen LogP contribution >= 0.6 is 7.94 Å². The standard InChI is InChI=1S/C5H15O3P/c1-2-3-4-5-9(6,7)8/h6-9H,2-5H2,1H3. The van der Waals surface area contributed by atoms with Gasteiger partial charge >= 0.3 is 55.0 Å². The molecule has 0 aromatic carbocycles. The van der Waals surface area contributed by atoms with E-state index in [9.17, 15) is 0 Å². The average Bonchev–Trinajstić information content (AvgIpc) is 1.63. The van der Waals surface area contributed by atoms with E-state index in [1.54, 1.807) is 0 Å². The Kier molecular flexibility index (Phi) is 4.32. The zero-order chi connectivity index (χ0) is 7.33. The van der Waals surface area contributed by atoms with Crippen LogP contribution in [0.1, 0.15) is 26.2 Å². The Labute approximate surface area is 55.9 Å². The van der Waals surface area contributed by atoms with Crippen molar-refractivity contribution in [2.75, 3.05) is 6.16 Å². The van der Waals surface area contributed by atoms with E-state index in [-0.39, 0.29) is 6.16 Å². The Morgan fingerprint density at radius 3 is 2.00 bits per heavy atom. The van der Waals surface area contributed by atoms with Gasteiger partial charge in [-0.3, -0.25) is 0 Å². The second-order valence-corrected chi connectivity index (χ2v) is 4.28. The first-order valence-electron chi connectivity index (χ1n) is 3.23. The van der Waals surface area contributed by atoms with Gasteiger partial charge in [0.1, 0.15) is 0 Å². The van der Waals surface area contributed by atoms with E-state index < -0.39 is 7.94 Å². The maximum atomic E-state index is 8.49. The summed E-state index contributed by atoms with van der Waals surface area (Å²) in [6.07, 6.45) is 2.88. The van der Waals surface area contributed by atoms with E-state index in [1.807, 2.05) is 6.92 Å². The van der Waals surface area contributed by atoms with Crippen molar-refractivity contribution in [1.29, 1.82) is 0 Å². The third-order valence-electron chi connectivity index (χ3n) is 1.12. The Hall–Kier alpha value is 0.310. The van der Waals surface area contributed by atoms with Crippen molar-refractivity contribution in [3.05, 3.63) is 0 Å². The molecule has 0 saturated heterocycles. The molecule has 0 spiro atoms. The minimum atomic E-state index is -3.69. The van der Waals surface area contributed by atoms with Gasteiger partial charge in [0.05, 0.1) is 0 Å². The van der Waals surface area contributed by atoms with Crippen molar-refractivity contribution in [3.63, 3.8) is 0 Å². The molecule has 0 aliphatic carbocycles. The van der Waals surface area contributed by atoms with E-state index in [1.165, 1.54) is 0 Å². The third-order valence-corrected chi connectivity index (χ3v) is 2.14. The van der Waals surface area contributed by atoms with Crippen LogP contribution in [-0.4, -0.2) is 20.8 Å². The zero-order valence-electron chi connectivity index (χ0n) is 5.67. The van der Waals surface area contributed by atoms with Gasteiger partial charge in [0.25, 0.3) is 0 Å². The van der Waals surface area contributed by atoms with Crippen LogP contribution < -0.4 is 0 Å². The van der Waals surface area contributed by atoms with Crippen LogP contribution in [0, 0.1) is 0 Å². The molecule has 3 N–H and O–H groups in total. The molecule has 4 heteroatoms. The SMILES string of the molecule is CCCCC[PH](O)(O)O. The molecule has 0 rings (SSSR count). The van der Waals surface area contributed by atoms with Gasteiger partial charge in [-0.15, -0.1) is 0 Å². The van der Waals surface area contributed by atoms with Crippen LogP contribution in [0.5, 0.6) is 0 Å². The molecule has 0 aliphatic heterocycles. The molecule has 0 aromatic rings. The van der Waals surface area contributed by atoms with Gasteiger partial charge < -0.3 is 0 Å². The Balaban J connectivity index is 3.07. The second kappa shape index (κ2) is 4.18. The van der Waals surface area contributed by atoms with Crippen LogP contribution in [-0.2, 0) is 0 Å². The van der Waals surface area contributed by atoms with Crippen LogP contribution in [0.4, 0.5) is 0 Å². The molecule has 0 atom stereocenters. The predicted octanol–water partition coefficient (Wildman–Crippen LogP) is 0.648. The van der Waals surface area contributed by atoms with E-state index >= 15 is 0 Å². The summed E-state index contributed by atoms with van der Waals surface area (Å²) in [6, 6.07) is 0. The van der Waals surface area contributed by atoms with E-state index in [0.717, 1.165) is 12.8 Å². The van der Waals surface area contributed by atoms with Gasteiger partial charge in [-0.05, 0) is 0 Å². The quantitative estimate of drug-likeness (QED) is 0.411. The summed E-state index contributed by atoms with van der Waals surface area (Å²) in [7, 11) is -3.69. The van der Waals surface area contributed by atoms with Gasteiger partial charge in [-0.2, -0.15) is 0 Å². The van der Waals surface area contributed by atoms with E-state index in [0.29, 0.717) is 6.42 Å². The van der Waals surface area contributed by atoms with Crippen LogP contribution in [0.25, 0.3) is 0 Å². The summed E-state index contributed by atoms with van der Waals surface area (Å²) >= 11 is 0. The molecule has 3 nitrogen and oxygen atoms in total. The molecular formula is C5H15O3P. The molecule has 0 bridgehead atoms. The molecule has 0 heterocycles. The summed E-state index contributed by atoms with van der Waals surface area (Å²) < 4.78 is 0. The molecule has 0 amide bonds. The molecule has 0 saturated carbocycles. The fourth-order valence-corrected chi connectivity index (χ4v) is 1.34. The fraction of sp³-hybridized carbons (Fsp3) is 1.00. The second-order valence-electron chi connectivity index (χ2n) is 2.23. The molecule has 0 radical (unpaired) electrons. The van der Waals surface area contributed by atoms with Crippen molar-refractivity contribution < 1.29 is 14.7 Å². The molecule has 9 heavy (non-hydrogen) atoms. The third kappa shape index (κ3) is 8.31. The first kappa shape index (κ1) is 9.31.